The maximum absolute atomic E-state index is 12.9. The molecule has 11 nitrogen and oxygen atoms in total. The van der Waals surface area contributed by atoms with Gasteiger partial charge in [0.05, 0.1) is 11.1 Å². The van der Waals surface area contributed by atoms with Crippen molar-refractivity contribution in [2.45, 2.75) is 52.2 Å². The van der Waals surface area contributed by atoms with E-state index in [4.69, 9.17) is 0 Å². The van der Waals surface area contributed by atoms with Gasteiger partial charge in [0.25, 0.3) is 11.8 Å². The number of amides is 4. The van der Waals surface area contributed by atoms with Crippen molar-refractivity contribution in [2.75, 3.05) is 5.32 Å². The topological polar surface area (TPSA) is 139 Å². The molecule has 1 unspecified atom stereocenters. The summed E-state index contributed by atoms with van der Waals surface area (Å²) >= 11 is 0. The van der Waals surface area contributed by atoms with Crippen LogP contribution in [0.5, 0.6) is 0 Å². The van der Waals surface area contributed by atoms with Crippen LogP contribution in [0, 0.1) is 6.92 Å². The molecule has 34 heavy (non-hydrogen) atoms. The van der Waals surface area contributed by atoms with Crippen molar-refractivity contribution in [2.24, 2.45) is 0 Å². The molecule has 1 aromatic carbocycles. The number of benzene rings is 1. The van der Waals surface area contributed by atoms with Crippen molar-refractivity contribution in [1.29, 1.82) is 0 Å². The van der Waals surface area contributed by atoms with Gasteiger partial charge in [0.1, 0.15) is 6.04 Å². The largest absolute Gasteiger partial charge is 0.322 e. The van der Waals surface area contributed by atoms with Crippen molar-refractivity contribution >= 4 is 40.3 Å². The van der Waals surface area contributed by atoms with Crippen molar-refractivity contribution in [1.82, 2.24) is 30.0 Å². The number of fused-ring (bicyclic) bond motifs is 2. The molecular weight excluding hydrogens is 438 g/mol. The molecule has 2 N–H and O–H groups in total. The lowest BCUT2D eigenvalue weighted by atomic mass is 10.0. The number of aryl methyl sites for hydroxylation is 1. The van der Waals surface area contributed by atoms with Crippen molar-refractivity contribution in [3.63, 3.8) is 0 Å². The van der Waals surface area contributed by atoms with E-state index in [-0.39, 0.29) is 36.6 Å². The van der Waals surface area contributed by atoms with Gasteiger partial charge in [-0.05, 0) is 51.0 Å². The number of carbonyl (C=O) groups is 4. The molecule has 0 spiro atoms. The molecule has 174 valence electrons. The van der Waals surface area contributed by atoms with Crippen LogP contribution in [0.1, 0.15) is 65.0 Å². The van der Waals surface area contributed by atoms with Crippen LogP contribution in [-0.2, 0) is 16.1 Å². The number of piperidine rings is 1. The maximum atomic E-state index is 12.9. The highest BCUT2D eigenvalue weighted by molar-refractivity contribution is 6.06. The Morgan fingerprint density at radius 3 is 2.76 bits per heavy atom. The number of aromatic nitrogens is 4. The van der Waals surface area contributed by atoms with Crippen LogP contribution in [0.25, 0.3) is 11.0 Å². The Hall–Kier alpha value is -4.15. The Morgan fingerprint density at radius 2 is 2.03 bits per heavy atom. The average molecular weight is 461 g/mol. The van der Waals surface area contributed by atoms with Crippen LogP contribution in [0.2, 0.25) is 0 Å². The fourth-order valence-corrected chi connectivity index (χ4v) is 4.37. The number of nitrogens with zero attached hydrogens (tertiary/aromatic N) is 5. The van der Waals surface area contributed by atoms with Gasteiger partial charge >= 0.3 is 0 Å². The second kappa shape index (κ2) is 8.01. The average Bonchev–Trinajstić information content (AvgIpc) is 3.30. The van der Waals surface area contributed by atoms with E-state index in [0.717, 1.165) is 11.1 Å². The number of nitrogens with one attached hydrogen (secondary N) is 2. The number of anilines is 1. The predicted octanol–water partition coefficient (Wildman–Crippen LogP) is 1.73. The number of rotatable bonds is 4. The summed E-state index contributed by atoms with van der Waals surface area (Å²) in [5.74, 6) is -1.54. The van der Waals surface area contributed by atoms with E-state index >= 15 is 0 Å². The van der Waals surface area contributed by atoms with E-state index in [1.165, 1.54) is 4.90 Å². The molecule has 0 saturated carbocycles. The highest BCUT2D eigenvalue weighted by atomic mass is 16.2. The first-order chi connectivity index (χ1) is 16.2. The normalized spacial score (nSPS) is 17.9. The molecule has 0 radical (unpaired) electrons. The summed E-state index contributed by atoms with van der Waals surface area (Å²) in [6.07, 6.45) is 2.08. The Balaban J connectivity index is 1.36. The molecule has 1 saturated heterocycles. The van der Waals surface area contributed by atoms with E-state index in [0.29, 0.717) is 28.9 Å². The summed E-state index contributed by atoms with van der Waals surface area (Å²) in [6, 6.07) is 4.34. The molecular formula is C23H23N7O4. The monoisotopic (exact) mass is 461 g/mol. The Kier molecular flexibility index (Phi) is 5.11. The Bertz CT molecular complexity index is 1380. The van der Waals surface area contributed by atoms with Gasteiger partial charge in [-0.15, -0.1) is 0 Å². The molecule has 5 rings (SSSR count). The summed E-state index contributed by atoms with van der Waals surface area (Å²) in [7, 11) is 0. The van der Waals surface area contributed by atoms with Crippen molar-refractivity contribution in [3.05, 3.63) is 47.0 Å². The number of carbonyl (C=O) groups excluding carboxylic acids is 4. The zero-order valence-corrected chi connectivity index (χ0v) is 19.0. The third-order valence-corrected chi connectivity index (χ3v) is 6.11. The fourth-order valence-electron chi connectivity index (χ4n) is 4.37. The molecule has 0 aliphatic carbocycles. The molecule has 2 aromatic heterocycles. The first-order valence-electron chi connectivity index (χ1n) is 11.0. The van der Waals surface area contributed by atoms with E-state index in [9.17, 15) is 19.2 Å². The highest BCUT2D eigenvalue weighted by Gasteiger charge is 2.39. The minimum absolute atomic E-state index is 0.0102. The molecule has 4 amide bonds. The lowest BCUT2D eigenvalue weighted by Gasteiger charge is -2.29. The second-order valence-corrected chi connectivity index (χ2v) is 8.78. The van der Waals surface area contributed by atoms with Crippen molar-refractivity contribution < 1.29 is 19.2 Å². The zero-order chi connectivity index (χ0) is 24.1. The summed E-state index contributed by atoms with van der Waals surface area (Å²) in [5, 5.41) is 10.3. The minimum atomic E-state index is -0.690. The van der Waals surface area contributed by atoms with Gasteiger partial charge in [-0.3, -0.25) is 24.5 Å². The Labute approximate surface area is 194 Å². The molecule has 11 heteroatoms. The molecule has 1 atom stereocenters. The SMILES string of the molecule is Cc1nn(C(C)C)c2nc(C(=O)Nc3ccc4c(c3)CN(C3CCC(=O)NC3=O)C4=O)ncc12. The lowest BCUT2D eigenvalue weighted by molar-refractivity contribution is -0.136. The van der Waals surface area contributed by atoms with Crippen LogP contribution in [0.3, 0.4) is 0 Å². The smallest absolute Gasteiger partial charge is 0.293 e. The van der Waals surface area contributed by atoms with Gasteiger partial charge < -0.3 is 10.2 Å². The van der Waals surface area contributed by atoms with Crippen LogP contribution in [0.4, 0.5) is 5.69 Å². The van der Waals surface area contributed by atoms with Gasteiger partial charge in [-0.25, -0.2) is 14.6 Å². The first-order valence-corrected chi connectivity index (χ1v) is 11.0. The van der Waals surface area contributed by atoms with Crippen LogP contribution >= 0.6 is 0 Å². The summed E-state index contributed by atoms with van der Waals surface area (Å²) in [5.41, 5.74) is 3.03. The maximum Gasteiger partial charge on any atom is 0.293 e. The Morgan fingerprint density at radius 1 is 1.24 bits per heavy atom. The van der Waals surface area contributed by atoms with Gasteiger partial charge in [0.15, 0.2) is 5.65 Å². The van der Waals surface area contributed by atoms with Crippen LogP contribution in [-0.4, -0.2) is 54.3 Å². The number of hydrogen-bond acceptors (Lipinski definition) is 7. The molecule has 3 aromatic rings. The van der Waals surface area contributed by atoms with E-state index in [1.807, 2.05) is 20.8 Å². The molecule has 2 aliphatic rings. The second-order valence-electron chi connectivity index (χ2n) is 8.78. The molecule has 4 heterocycles. The molecule has 1 fully saturated rings. The summed E-state index contributed by atoms with van der Waals surface area (Å²) < 4.78 is 1.76. The van der Waals surface area contributed by atoms with Gasteiger partial charge in [0, 0.05) is 36.5 Å². The van der Waals surface area contributed by atoms with Crippen molar-refractivity contribution in [3.8, 4) is 0 Å². The number of hydrogen-bond donors (Lipinski definition) is 2. The highest BCUT2D eigenvalue weighted by Crippen LogP contribution is 2.29. The fraction of sp³-hybridized carbons (Fsp3) is 0.348. The summed E-state index contributed by atoms with van der Waals surface area (Å²) in [4.78, 5) is 59.4. The van der Waals surface area contributed by atoms with E-state index < -0.39 is 17.9 Å². The van der Waals surface area contributed by atoms with E-state index in [2.05, 4.69) is 25.7 Å². The third-order valence-electron chi connectivity index (χ3n) is 6.11. The standard InChI is InChI=1S/C23H23N7O4/c1-11(2)30-20-16(12(3)28-30)9-24-19(27-20)22(33)25-14-4-5-15-13(8-14)10-29(23(15)34)17-6-7-18(31)26-21(17)32/h4-5,8-9,11,17H,6-7,10H2,1-3H3,(H,25,33)(H,26,31,32). The minimum Gasteiger partial charge on any atom is -0.322 e. The first kappa shape index (κ1) is 21.7. The zero-order valence-electron chi connectivity index (χ0n) is 19.0. The van der Waals surface area contributed by atoms with E-state index in [1.54, 1.807) is 29.1 Å². The number of imide groups is 1. The van der Waals surface area contributed by atoms with Gasteiger partial charge in [0.2, 0.25) is 17.6 Å². The van der Waals surface area contributed by atoms with Gasteiger partial charge in [-0.1, -0.05) is 0 Å². The molecule has 2 aliphatic heterocycles. The quantitative estimate of drug-likeness (QED) is 0.564. The van der Waals surface area contributed by atoms with Gasteiger partial charge in [-0.2, -0.15) is 5.10 Å². The van der Waals surface area contributed by atoms with Crippen LogP contribution in [0.15, 0.2) is 24.4 Å². The predicted molar refractivity (Wildman–Crippen MR) is 121 cm³/mol. The third kappa shape index (κ3) is 3.58. The lowest BCUT2D eigenvalue weighted by Crippen LogP contribution is -2.52. The van der Waals surface area contributed by atoms with Crippen LogP contribution < -0.4 is 10.6 Å². The molecule has 0 bridgehead atoms. The summed E-state index contributed by atoms with van der Waals surface area (Å²) in [6.45, 7) is 6.06.